The van der Waals surface area contributed by atoms with Crippen molar-refractivity contribution < 1.29 is 27.9 Å². The minimum absolute atomic E-state index is 0.103. The molecule has 0 spiro atoms. The third-order valence-corrected chi connectivity index (χ3v) is 4.64. The minimum atomic E-state index is -3.64. The van der Waals surface area contributed by atoms with Gasteiger partial charge in [0.2, 0.25) is 10.0 Å². The summed E-state index contributed by atoms with van der Waals surface area (Å²) in [4.78, 5) is 21.9. The highest BCUT2D eigenvalue weighted by Crippen LogP contribution is 2.12. The molecule has 0 saturated heterocycles. The average molecular weight is 315 g/mol. The summed E-state index contributed by atoms with van der Waals surface area (Å²) in [6, 6.07) is 6.11. The van der Waals surface area contributed by atoms with E-state index in [2.05, 4.69) is 4.74 Å². The number of carbonyl (C=O) groups excluding carboxylic acids is 1. The number of carboxylic acid groups (broad SMARTS) is 1. The lowest BCUT2D eigenvalue weighted by Gasteiger charge is -2.16. The Morgan fingerprint density at radius 1 is 1.33 bits per heavy atom. The Balaban J connectivity index is 2.84. The number of esters is 1. The summed E-state index contributed by atoms with van der Waals surface area (Å²) in [6.07, 6.45) is -0.266. The standard InChI is InChI=1S/C13H17NO6S/c1-14(7-6-12(15)16)21(18,19)9-10-4-3-5-11(8-10)13(17)20-2/h3-5,8H,6-7,9H2,1-2H3,(H,15,16). The van der Waals surface area contributed by atoms with Crippen LogP contribution in [-0.4, -0.2) is 50.5 Å². The topological polar surface area (TPSA) is 101 Å². The molecule has 0 amide bonds. The van der Waals surface area contributed by atoms with Gasteiger partial charge in [-0.3, -0.25) is 4.79 Å². The van der Waals surface area contributed by atoms with E-state index in [4.69, 9.17) is 5.11 Å². The number of carboxylic acids is 1. The zero-order chi connectivity index (χ0) is 16.0. The summed E-state index contributed by atoms with van der Waals surface area (Å²) in [6.45, 7) is -0.103. The van der Waals surface area contributed by atoms with Crippen LogP contribution in [0.25, 0.3) is 0 Å². The molecule has 0 fully saturated rings. The predicted molar refractivity (Wildman–Crippen MR) is 75.3 cm³/mol. The second-order valence-electron chi connectivity index (χ2n) is 4.41. The van der Waals surface area contributed by atoms with Crippen LogP contribution in [0.4, 0.5) is 0 Å². The zero-order valence-corrected chi connectivity index (χ0v) is 12.6. The lowest BCUT2D eigenvalue weighted by molar-refractivity contribution is -0.137. The van der Waals surface area contributed by atoms with E-state index >= 15 is 0 Å². The smallest absolute Gasteiger partial charge is 0.337 e. The van der Waals surface area contributed by atoms with Gasteiger partial charge < -0.3 is 9.84 Å². The maximum absolute atomic E-state index is 12.1. The monoisotopic (exact) mass is 315 g/mol. The first-order valence-corrected chi connectivity index (χ1v) is 7.70. The summed E-state index contributed by atoms with van der Waals surface area (Å²) in [5.74, 6) is -1.92. The molecule has 0 aromatic heterocycles. The first-order valence-electron chi connectivity index (χ1n) is 6.09. The van der Waals surface area contributed by atoms with Crippen molar-refractivity contribution >= 4 is 22.0 Å². The van der Waals surface area contributed by atoms with Gasteiger partial charge in [0.25, 0.3) is 0 Å². The Morgan fingerprint density at radius 2 is 2.00 bits per heavy atom. The van der Waals surface area contributed by atoms with E-state index in [0.717, 1.165) is 4.31 Å². The molecule has 0 atom stereocenters. The summed E-state index contributed by atoms with van der Waals surface area (Å²) < 4.78 is 29.7. The van der Waals surface area contributed by atoms with Crippen molar-refractivity contribution in [2.24, 2.45) is 0 Å². The molecule has 0 aliphatic heterocycles. The molecule has 0 unspecified atom stereocenters. The van der Waals surface area contributed by atoms with Crippen molar-refractivity contribution in [1.29, 1.82) is 0 Å². The number of carbonyl (C=O) groups is 2. The third-order valence-electron chi connectivity index (χ3n) is 2.81. The summed E-state index contributed by atoms with van der Waals surface area (Å²) >= 11 is 0. The van der Waals surface area contributed by atoms with E-state index in [9.17, 15) is 18.0 Å². The number of benzene rings is 1. The van der Waals surface area contributed by atoms with Crippen LogP contribution in [0.3, 0.4) is 0 Å². The van der Waals surface area contributed by atoms with E-state index < -0.39 is 22.0 Å². The largest absolute Gasteiger partial charge is 0.481 e. The molecule has 1 aromatic rings. The van der Waals surface area contributed by atoms with E-state index in [1.807, 2.05) is 0 Å². The number of sulfonamides is 1. The third kappa shape index (κ3) is 5.16. The molecule has 0 bridgehead atoms. The molecule has 8 heteroatoms. The average Bonchev–Trinajstić information content (AvgIpc) is 2.43. The molecule has 0 aliphatic rings. The van der Waals surface area contributed by atoms with Gasteiger partial charge in [-0.25, -0.2) is 17.5 Å². The summed E-state index contributed by atoms with van der Waals surface area (Å²) in [5, 5.41) is 8.57. The SMILES string of the molecule is COC(=O)c1cccc(CS(=O)(=O)N(C)CCC(=O)O)c1. The van der Waals surface area contributed by atoms with Gasteiger partial charge in [0.15, 0.2) is 0 Å². The molecule has 7 nitrogen and oxygen atoms in total. The van der Waals surface area contributed by atoms with Gasteiger partial charge in [-0.05, 0) is 17.7 Å². The molecular formula is C13H17NO6S. The van der Waals surface area contributed by atoms with Crippen molar-refractivity contribution in [2.75, 3.05) is 20.7 Å². The molecule has 1 N–H and O–H groups in total. The molecular weight excluding hydrogens is 298 g/mol. The number of nitrogens with zero attached hydrogens (tertiary/aromatic N) is 1. The molecule has 1 rings (SSSR count). The van der Waals surface area contributed by atoms with Crippen LogP contribution in [-0.2, 0) is 25.3 Å². The lowest BCUT2D eigenvalue weighted by atomic mass is 10.1. The van der Waals surface area contributed by atoms with Gasteiger partial charge >= 0.3 is 11.9 Å². The van der Waals surface area contributed by atoms with Crippen LogP contribution in [0, 0.1) is 0 Å². The van der Waals surface area contributed by atoms with E-state index in [0.29, 0.717) is 5.56 Å². The van der Waals surface area contributed by atoms with Crippen molar-refractivity contribution in [2.45, 2.75) is 12.2 Å². The molecule has 0 aliphatic carbocycles. The lowest BCUT2D eigenvalue weighted by Crippen LogP contribution is -2.30. The highest BCUT2D eigenvalue weighted by Gasteiger charge is 2.19. The maximum Gasteiger partial charge on any atom is 0.337 e. The zero-order valence-electron chi connectivity index (χ0n) is 11.8. The van der Waals surface area contributed by atoms with E-state index in [-0.39, 0.29) is 24.3 Å². The molecule has 116 valence electrons. The van der Waals surface area contributed by atoms with Gasteiger partial charge in [0.05, 0.1) is 24.8 Å². The van der Waals surface area contributed by atoms with Crippen LogP contribution in [0.15, 0.2) is 24.3 Å². The second-order valence-corrected chi connectivity index (χ2v) is 6.49. The Bertz CT molecular complexity index is 625. The number of rotatable bonds is 7. The van der Waals surface area contributed by atoms with Crippen LogP contribution >= 0.6 is 0 Å². The quantitative estimate of drug-likeness (QED) is 0.744. The predicted octanol–water partition coefficient (Wildman–Crippen LogP) is 0.710. The number of hydrogen-bond donors (Lipinski definition) is 1. The Labute approximate surface area is 123 Å². The normalized spacial score (nSPS) is 11.4. The van der Waals surface area contributed by atoms with Gasteiger partial charge in [-0.15, -0.1) is 0 Å². The number of aliphatic carboxylic acids is 1. The second kappa shape index (κ2) is 7.19. The van der Waals surface area contributed by atoms with Gasteiger partial charge in [0.1, 0.15) is 0 Å². The van der Waals surface area contributed by atoms with E-state index in [1.165, 1.54) is 26.3 Å². The van der Waals surface area contributed by atoms with Gasteiger partial charge in [-0.2, -0.15) is 0 Å². The number of ether oxygens (including phenoxy) is 1. The van der Waals surface area contributed by atoms with Gasteiger partial charge in [-0.1, -0.05) is 12.1 Å². The van der Waals surface area contributed by atoms with Crippen molar-refractivity contribution in [3.63, 3.8) is 0 Å². The van der Waals surface area contributed by atoms with Crippen molar-refractivity contribution in [3.8, 4) is 0 Å². The van der Waals surface area contributed by atoms with Crippen LogP contribution < -0.4 is 0 Å². The van der Waals surface area contributed by atoms with Crippen LogP contribution in [0.5, 0.6) is 0 Å². The number of methoxy groups -OCH3 is 1. The van der Waals surface area contributed by atoms with Crippen molar-refractivity contribution in [1.82, 2.24) is 4.31 Å². The first kappa shape index (κ1) is 17.1. The number of hydrogen-bond acceptors (Lipinski definition) is 5. The fraction of sp³-hybridized carbons (Fsp3) is 0.385. The Hall–Kier alpha value is -1.93. The fourth-order valence-electron chi connectivity index (χ4n) is 1.62. The van der Waals surface area contributed by atoms with Crippen LogP contribution in [0.1, 0.15) is 22.3 Å². The first-order chi connectivity index (χ1) is 9.76. The Kier molecular flexibility index (Phi) is 5.86. The Morgan fingerprint density at radius 3 is 2.57 bits per heavy atom. The highest BCUT2D eigenvalue weighted by atomic mass is 32.2. The highest BCUT2D eigenvalue weighted by molar-refractivity contribution is 7.88. The fourth-order valence-corrected chi connectivity index (χ4v) is 2.81. The molecule has 0 saturated carbocycles. The van der Waals surface area contributed by atoms with Gasteiger partial charge in [0, 0.05) is 13.6 Å². The van der Waals surface area contributed by atoms with Crippen LogP contribution in [0.2, 0.25) is 0 Å². The molecule has 1 aromatic carbocycles. The molecule has 0 heterocycles. The minimum Gasteiger partial charge on any atom is -0.481 e. The maximum atomic E-state index is 12.1. The molecule has 21 heavy (non-hydrogen) atoms. The summed E-state index contributed by atoms with van der Waals surface area (Å²) in [5.41, 5.74) is 0.693. The van der Waals surface area contributed by atoms with Crippen molar-refractivity contribution in [3.05, 3.63) is 35.4 Å². The molecule has 0 radical (unpaired) electrons. The summed E-state index contributed by atoms with van der Waals surface area (Å²) in [7, 11) is -1.08. The van der Waals surface area contributed by atoms with E-state index in [1.54, 1.807) is 12.1 Å².